The number of nitrogens with zero attached hydrogens (tertiary/aromatic N) is 2. The van der Waals surface area contributed by atoms with Crippen LogP contribution in [-0.4, -0.2) is 260 Å². The molecule has 0 unspecified atom stereocenters. The third-order valence-electron chi connectivity index (χ3n) is 16.2. The molecule has 2 saturated heterocycles. The van der Waals surface area contributed by atoms with Crippen LogP contribution in [0.5, 0.6) is 0 Å². The maximum absolute atomic E-state index is 14.5. The zero-order valence-electron chi connectivity index (χ0n) is 60.8. The molecule has 2 bridgehead atoms. The molecule has 1 aromatic heterocycles. The van der Waals surface area contributed by atoms with Gasteiger partial charge in [0.15, 0.2) is 5.96 Å². The molecule has 2 aliphatic rings. The Morgan fingerprint density at radius 2 is 0.981 bits per heavy atom. The average molecular weight is 1600 g/mol. The van der Waals surface area contributed by atoms with Gasteiger partial charge >= 0.3 is 11.9 Å². The minimum absolute atomic E-state index is 0.0340. The van der Waals surface area contributed by atoms with E-state index in [9.17, 15) is 96.5 Å². The number of aliphatic imine (C=N–C) groups is 1. The molecule has 42 nitrogen and oxygen atoms in total. The number of hydrogen-bond acceptors (Lipinski definition) is 25. The van der Waals surface area contributed by atoms with Gasteiger partial charge in [0.05, 0.1) is 19.4 Å². The van der Waals surface area contributed by atoms with E-state index in [1.54, 1.807) is 27.7 Å². The maximum Gasteiger partial charge on any atom is 0.303 e. The summed E-state index contributed by atoms with van der Waals surface area (Å²) in [7, 11) is 3.34. The van der Waals surface area contributed by atoms with Crippen LogP contribution in [0.3, 0.4) is 0 Å². The number of guanidine groups is 1. The van der Waals surface area contributed by atoms with E-state index in [0.29, 0.717) is 0 Å². The van der Waals surface area contributed by atoms with Crippen molar-refractivity contribution in [1.82, 2.24) is 89.7 Å². The highest BCUT2D eigenvalue weighted by atomic mass is 33.1. The van der Waals surface area contributed by atoms with Gasteiger partial charge in [-0.25, -0.2) is 4.98 Å². The monoisotopic (exact) mass is 1600 g/mol. The van der Waals surface area contributed by atoms with Gasteiger partial charge in [-0.15, -0.1) is 0 Å². The van der Waals surface area contributed by atoms with Crippen LogP contribution >= 0.6 is 43.2 Å². The fourth-order valence-electron chi connectivity index (χ4n) is 9.84. The Bertz CT molecular complexity index is 3390. The van der Waals surface area contributed by atoms with Gasteiger partial charge in [-0.2, -0.15) is 0 Å². The molecule has 16 amide bonds. The van der Waals surface area contributed by atoms with Crippen LogP contribution in [0.1, 0.15) is 112 Å². The summed E-state index contributed by atoms with van der Waals surface area (Å²) < 4.78 is 0. The standard InChI is InChI=1S/C62H100N22O20S4/c1-9-28(4)47-61(104)80-38(18-33-20-67-26-70-33)57(100)78-35(12-14-45(87)88)54(97)77-36(13-15-46(89)90)55(98)79-37(17-27(2)3)56(99)81-39(48(64)91)22-105-107-25-42-59(102)74-32(8)51(94)76-34(11-10-16-68-62(65)66)53(96)73-30(6)50(93)71-31(7)52(95)82-41(58(101)72-29(5)49(92)69-21-44(86)84-47)24-108-106-23-40(60(103)83-42)75-43(85)19-63/h20,26-32,34-42,47H,9-19,21-25,63H2,1-8H3,(H2,64,91)(H,67,70)(H,69,92)(H,71,93)(H,72,101)(H,73,96)(H,74,102)(H,75,85)(H,76,94)(H,77,97)(H,78,100)(H,79,98)(H,80,104)(H,81,99)(H,82,95)(H,83,103)(H,84,86)(H,87,88)(H,89,90)(H4,65,66,68)/t28-,29-,30-,31-,32-,34-,35-,36-,37-,38-,39-,40-,41-,42-,47-/m0/s1. The van der Waals surface area contributed by atoms with Gasteiger partial charge in [0.25, 0.3) is 0 Å². The summed E-state index contributed by atoms with van der Waals surface area (Å²) in [5.74, 6) is -22.2. The lowest BCUT2D eigenvalue weighted by Gasteiger charge is -2.28. The van der Waals surface area contributed by atoms with E-state index < -0.39 is 253 Å². The van der Waals surface area contributed by atoms with Crippen molar-refractivity contribution in [2.75, 3.05) is 42.6 Å². The SMILES string of the molecule is CC[C@H](C)[C@@H]1NC(=O)CNC(=O)[C@H](C)NC(=O)[C@@H]2CSSC[C@H](NC(=O)CN)C(=O)N[C@@H](CSSC[C@@H](C(N)=O)NC(=O)[C@H](CC(C)C)NC(=O)[C@H](CCC(=O)O)NC(=O)[C@H](CCC(=O)O)NC(=O)[C@H](Cc3cnc[nH]3)NC1=O)C(=O)N[C@@H](C)C(=O)N[C@@H](CCCN=C(N)N)C(=O)N[C@@H](C)C(=O)N[C@@H](C)C(=O)N2. The molecule has 0 saturated carbocycles. The largest absolute Gasteiger partial charge is 0.481 e. The van der Waals surface area contributed by atoms with E-state index in [0.717, 1.165) is 43.2 Å². The molecule has 3 rings (SSSR count). The molecule has 15 atom stereocenters. The lowest BCUT2D eigenvalue weighted by molar-refractivity contribution is -0.140. The number of carbonyl (C=O) groups excluding carboxylic acids is 16. The highest BCUT2D eigenvalue weighted by molar-refractivity contribution is 8.77. The topological polar surface area (TPSA) is 673 Å². The van der Waals surface area contributed by atoms with Crippen LogP contribution in [0, 0.1) is 11.8 Å². The quantitative estimate of drug-likeness (QED) is 0.0265. The van der Waals surface area contributed by atoms with E-state index in [1.165, 1.54) is 40.2 Å². The van der Waals surface area contributed by atoms with Crippen molar-refractivity contribution in [3.05, 3.63) is 18.2 Å². The van der Waals surface area contributed by atoms with Crippen molar-refractivity contribution < 1.29 is 96.5 Å². The lowest BCUT2D eigenvalue weighted by Crippen LogP contribution is -2.60. The maximum atomic E-state index is 14.5. The molecule has 0 spiro atoms. The molecule has 602 valence electrons. The number of aromatic amines is 1. The third-order valence-corrected chi connectivity index (χ3v) is 21.0. The van der Waals surface area contributed by atoms with Gasteiger partial charge in [0.1, 0.15) is 84.6 Å². The Balaban J connectivity index is 2.30. The molecule has 0 aromatic carbocycles. The number of nitrogens with two attached hydrogens (primary N) is 4. The third kappa shape index (κ3) is 33.6. The van der Waals surface area contributed by atoms with Crippen LogP contribution in [0.4, 0.5) is 0 Å². The normalized spacial score (nSPS) is 26.8. The Kier molecular flexibility index (Phi) is 40.4. The van der Waals surface area contributed by atoms with Crippen molar-refractivity contribution in [2.45, 2.75) is 198 Å². The summed E-state index contributed by atoms with van der Waals surface area (Å²) in [5, 5.41) is 56.4. The van der Waals surface area contributed by atoms with Crippen molar-refractivity contribution in [3.63, 3.8) is 0 Å². The van der Waals surface area contributed by atoms with E-state index >= 15 is 0 Å². The van der Waals surface area contributed by atoms with Crippen LogP contribution in [0.15, 0.2) is 17.5 Å². The molecular formula is C62H100N22O20S4. The Morgan fingerprint density at radius 1 is 0.537 bits per heavy atom. The van der Waals surface area contributed by atoms with Crippen LogP contribution < -0.4 is 103 Å². The number of carboxylic acids is 2. The van der Waals surface area contributed by atoms with Crippen molar-refractivity contribution in [3.8, 4) is 0 Å². The second-order valence-corrected chi connectivity index (χ2v) is 30.8. The molecule has 2 aliphatic heterocycles. The number of fused-ring (bicyclic) bond motifs is 8. The smallest absolute Gasteiger partial charge is 0.303 e. The van der Waals surface area contributed by atoms with Crippen molar-refractivity contribution >= 4 is 156 Å². The number of primary amides is 1. The van der Waals surface area contributed by atoms with Gasteiger partial charge in [0, 0.05) is 60.7 Å². The second kappa shape index (κ2) is 47.2. The first kappa shape index (κ1) is 92.5. The molecule has 1 aromatic rings. The molecule has 0 radical (unpaired) electrons. The lowest BCUT2D eigenvalue weighted by atomic mass is 9.97. The molecular weight excluding hydrogens is 1500 g/mol. The number of amides is 16. The summed E-state index contributed by atoms with van der Waals surface area (Å²) >= 11 is 0. The number of nitrogens with one attached hydrogen (secondary N) is 16. The number of aliphatic carboxylic acids is 2. The number of rotatable bonds is 19. The Labute approximate surface area is 637 Å². The second-order valence-electron chi connectivity index (χ2n) is 25.6. The number of H-pyrrole nitrogens is 1. The van der Waals surface area contributed by atoms with Gasteiger partial charge < -0.3 is 118 Å². The minimum Gasteiger partial charge on any atom is -0.481 e. The average Bonchev–Trinajstić information content (AvgIpc) is 1.17. The van der Waals surface area contributed by atoms with Gasteiger partial charge in [0.2, 0.25) is 94.5 Å². The molecule has 3 heterocycles. The summed E-state index contributed by atoms with van der Waals surface area (Å²) in [6.07, 6.45) is -0.744. The number of carbonyl (C=O) groups is 18. The predicted octanol–water partition coefficient (Wildman–Crippen LogP) is -7.96. The fraction of sp³-hybridized carbons (Fsp3) is 0.645. The first-order chi connectivity index (χ1) is 50.8. The van der Waals surface area contributed by atoms with E-state index in [4.69, 9.17) is 22.9 Å². The number of aromatic nitrogens is 2. The van der Waals surface area contributed by atoms with Gasteiger partial charge in [-0.1, -0.05) is 77.3 Å². The molecule has 108 heavy (non-hydrogen) atoms. The molecule has 46 heteroatoms. The van der Waals surface area contributed by atoms with Crippen molar-refractivity contribution in [2.24, 2.45) is 39.8 Å². The first-order valence-electron chi connectivity index (χ1n) is 34.3. The van der Waals surface area contributed by atoms with Crippen molar-refractivity contribution in [1.29, 1.82) is 0 Å². The van der Waals surface area contributed by atoms with Gasteiger partial charge in [-0.05, 0) is 71.6 Å². The molecule has 26 N–H and O–H groups in total. The van der Waals surface area contributed by atoms with E-state index in [2.05, 4.69) is 94.7 Å². The number of carboxylic acid groups (broad SMARTS) is 2. The summed E-state index contributed by atoms with van der Waals surface area (Å²) in [6.45, 7) is 9.96. The molecule has 0 aliphatic carbocycles. The highest BCUT2D eigenvalue weighted by Gasteiger charge is 2.38. The zero-order valence-corrected chi connectivity index (χ0v) is 64.1. The predicted molar refractivity (Wildman–Crippen MR) is 396 cm³/mol. The zero-order chi connectivity index (χ0) is 81.1. The van der Waals surface area contributed by atoms with E-state index in [-0.39, 0.29) is 61.8 Å². The summed E-state index contributed by atoms with van der Waals surface area (Å²) in [6, 6.07) is -22.0. The number of hydrogen-bond donors (Lipinski definition) is 22. The fourth-order valence-corrected chi connectivity index (χ4v) is 14.5. The Hall–Kier alpha value is -9.70. The minimum atomic E-state index is -1.84. The van der Waals surface area contributed by atoms with Gasteiger partial charge in [-0.3, -0.25) is 91.3 Å². The highest BCUT2D eigenvalue weighted by Crippen LogP contribution is 2.26. The van der Waals surface area contributed by atoms with Crippen LogP contribution in [-0.2, 0) is 92.7 Å². The summed E-state index contributed by atoms with van der Waals surface area (Å²) in [5.41, 5.74) is 22.7. The van der Waals surface area contributed by atoms with E-state index in [1.807, 2.05) is 0 Å². The summed E-state index contributed by atoms with van der Waals surface area (Å²) in [4.78, 5) is 259. The number of imidazole rings is 1. The first-order valence-corrected chi connectivity index (χ1v) is 39.3. The Morgan fingerprint density at radius 3 is 1.49 bits per heavy atom. The molecule has 2 fully saturated rings. The van der Waals surface area contributed by atoms with Crippen LogP contribution in [0.2, 0.25) is 0 Å². The van der Waals surface area contributed by atoms with Crippen LogP contribution in [0.25, 0.3) is 0 Å².